The van der Waals surface area contributed by atoms with Crippen LogP contribution in [0.2, 0.25) is 0 Å². The van der Waals surface area contributed by atoms with Crippen LogP contribution in [0.15, 0.2) is 162 Å². The first-order valence-corrected chi connectivity index (χ1v) is 16.1. The molecule has 0 aliphatic heterocycles. The van der Waals surface area contributed by atoms with Gasteiger partial charge in [0.05, 0.1) is 0 Å². The van der Waals surface area contributed by atoms with Gasteiger partial charge in [-0.05, 0) is 64.2 Å². The molecular formula is C44H29N3O. The zero-order valence-electron chi connectivity index (χ0n) is 26.3. The van der Waals surface area contributed by atoms with Crippen molar-refractivity contribution >= 4 is 32.7 Å². The average molecular weight is 616 g/mol. The van der Waals surface area contributed by atoms with Gasteiger partial charge in [-0.1, -0.05) is 139 Å². The van der Waals surface area contributed by atoms with Gasteiger partial charge in [0.2, 0.25) is 0 Å². The minimum Gasteiger partial charge on any atom is -0.456 e. The van der Waals surface area contributed by atoms with Crippen LogP contribution in [-0.2, 0) is 0 Å². The molecule has 4 nitrogen and oxygen atoms in total. The normalized spacial score (nSPS) is 11.4. The minimum atomic E-state index is 0.592. The van der Waals surface area contributed by atoms with Gasteiger partial charge in [-0.25, -0.2) is 15.0 Å². The third-order valence-corrected chi connectivity index (χ3v) is 9.01. The molecule has 2 heterocycles. The maximum absolute atomic E-state index is 6.47. The number of hydrogen-bond acceptors (Lipinski definition) is 4. The third-order valence-electron chi connectivity index (χ3n) is 9.01. The molecule has 0 fully saturated rings. The van der Waals surface area contributed by atoms with Gasteiger partial charge >= 0.3 is 0 Å². The van der Waals surface area contributed by atoms with Crippen LogP contribution >= 0.6 is 0 Å². The SMILES string of the molecule is Cc1ccc(-c2cccc(-c3nc(-c4ccc5c(c4)oc4cccc(-c6ccccc6)c45)nc(-c4cccc5ccccc45)n3)c2)cc1. The maximum Gasteiger partial charge on any atom is 0.164 e. The smallest absolute Gasteiger partial charge is 0.164 e. The summed E-state index contributed by atoms with van der Waals surface area (Å²) in [5.74, 6) is 1.84. The summed E-state index contributed by atoms with van der Waals surface area (Å²) in [6.45, 7) is 2.10. The van der Waals surface area contributed by atoms with Crippen LogP contribution < -0.4 is 0 Å². The van der Waals surface area contributed by atoms with Crippen LogP contribution in [0, 0.1) is 6.92 Å². The number of aromatic nitrogens is 3. The molecule has 9 aromatic rings. The van der Waals surface area contributed by atoms with E-state index in [1.54, 1.807) is 0 Å². The molecule has 0 atom stereocenters. The molecule has 0 spiro atoms. The van der Waals surface area contributed by atoms with E-state index in [0.717, 1.165) is 71.7 Å². The fourth-order valence-corrected chi connectivity index (χ4v) is 6.58. The van der Waals surface area contributed by atoms with Crippen molar-refractivity contribution in [2.75, 3.05) is 0 Å². The quantitative estimate of drug-likeness (QED) is 0.193. The Bertz CT molecular complexity index is 2620. The third kappa shape index (κ3) is 4.91. The van der Waals surface area contributed by atoms with Gasteiger partial charge < -0.3 is 4.42 Å². The lowest BCUT2D eigenvalue weighted by Crippen LogP contribution is -2.00. The lowest BCUT2D eigenvalue weighted by Gasteiger charge is -2.11. The summed E-state index contributed by atoms with van der Waals surface area (Å²) in [4.78, 5) is 15.3. The van der Waals surface area contributed by atoms with E-state index >= 15 is 0 Å². The fourth-order valence-electron chi connectivity index (χ4n) is 6.58. The van der Waals surface area contributed by atoms with Crippen molar-refractivity contribution in [3.05, 3.63) is 163 Å². The second-order valence-electron chi connectivity index (χ2n) is 12.1. The van der Waals surface area contributed by atoms with E-state index in [1.165, 1.54) is 5.56 Å². The van der Waals surface area contributed by atoms with Gasteiger partial charge in [0.15, 0.2) is 17.5 Å². The number of aryl methyl sites for hydroxylation is 1. The number of hydrogen-bond donors (Lipinski definition) is 0. The van der Waals surface area contributed by atoms with Crippen LogP contribution in [0.1, 0.15) is 5.56 Å². The van der Waals surface area contributed by atoms with Crippen LogP contribution in [0.4, 0.5) is 0 Å². The number of benzene rings is 7. The van der Waals surface area contributed by atoms with Crippen LogP contribution in [0.3, 0.4) is 0 Å². The number of nitrogens with zero attached hydrogens (tertiary/aromatic N) is 3. The van der Waals surface area contributed by atoms with E-state index in [-0.39, 0.29) is 0 Å². The molecule has 0 radical (unpaired) electrons. The molecule has 0 unspecified atom stereocenters. The van der Waals surface area contributed by atoms with Gasteiger partial charge in [0.1, 0.15) is 11.2 Å². The molecule has 4 heteroatoms. The summed E-state index contributed by atoms with van der Waals surface area (Å²) >= 11 is 0. The second kappa shape index (κ2) is 11.4. The predicted octanol–water partition coefficient (Wildman–Crippen LogP) is 11.6. The first kappa shape index (κ1) is 27.9. The van der Waals surface area contributed by atoms with Gasteiger partial charge in [-0.3, -0.25) is 0 Å². The Morgan fingerprint density at radius 3 is 1.88 bits per heavy atom. The summed E-state index contributed by atoms with van der Waals surface area (Å²) < 4.78 is 6.47. The number of furan rings is 1. The monoisotopic (exact) mass is 615 g/mol. The Morgan fingerprint density at radius 2 is 1.02 bits per heavy atom. The van der Waals surface area contributed by atoms with Crippen molar-refractivity contribution < 1.29 is 4.42 Å². The minimum absolute atomic E-state index is 0.592. The lowest BCUT2D eigenvalue weighted by molar-refractivity contribution is 0.669. The van der Waals surface area contributed by atoms with Gasteiger partial charge in [0.25, 0.3) is 0 Å². The summed E-state index contributed by atoms with van der Waals surface area (Å²) in [5.41, 5.74) is 10.2. The lowest BCUT2D eigenvalue weighted by atomic mass is 9.99. The molecule has 9 rings (SSSR count). The van der Waals surface area contributed by atoms with E-state index in [4.69, 9.17) is 19.4 Å². The highest BCUT2D eigenvalue weighted by Gasteiger charge is 2.17. The van der Waals surface area contributed by atoms with E-state index < -0.39 is 0 Å². The molecule has 48 heavy (non-hydrogen) atoms. The zero-order chi connectivity index (χ0) is 32.0. The molecule has 0 saturated heterocycles. The van der Waals surface area contributed by atoms with Gasteiger partial charge in [0, 0.05) is 27.5 Å². The van der Waals surface area contributed by atoms with Crippen LogP contribution in [0.5, 0.6) is 0 Å². The van der Waals surface area contributed by atoms with E-state index in [2.05, 4.69) is 146 Å². The summed E-state index contributed by atoms with van der Waals surface area (Å²) in [6, 6.07) is 54.6. The van der Waals surface area contributed by atoms with Crippen molar-refractivity contribution in [1.29, 1.82) is 0 Å². The van der Waals surface area contributed by atoms with E-state index in [1.807, 2.05) is 18.2 Å². The van der Waals surface area contributed by atoms with E-state index in [0.29, 0.717) is 17.5 Å². The Labute approximate surface area is 278 Å². The highest BCUT2D eigenvalue weighted by atomic mass is 16.3. The Morgan fingerprint density at radius 1 is 0.396 bits per heavy atom. The highest BCUT2D eigenvalue weighted by molar-refractivity contribution is 6.13. The molecule has 0 amide bonds. The number of rotatable bonds is 5. The van der Waals surface area contributed by atoms with Gasteiger partial charge in [-0.2, -0.15) is 0 Å². The number of fused-ring (bicyclic) bond motifs is 4. The van der Waals surface area contributed by atoms with Crippen molar-refractivity contribution in [2.24, 2.45) is 0 Å². The molecule has 0 saturated carbocycles. The Kier molecular flexibility index (Phi) is 6.65. The topological polar surface area (TPSA) is 51.8 Å². The first-order chi connectivity index (χ1) is 23.7. The van der Waals surface area contributed by atoms with Crippen molar-refractivity contribution in [3.63, 3.8) is 0 Å². The van der Waals surface area contributed by atoms with Crippen molar-refractivity contribution in [1.82, 2.24) is 15.0 Å². The summed E-state index contributed by atoms with van der Waals surface area (Å²) in [7, 11) is 0. The summed E-state index contributed by atoms with van der Waals surface area (Å²) in [5, 5.41) is 4.39. The molecule has 226 valence electrons. The average Bonchev–Trinajstić information content (AvgIpc) is 3.53. The highest BCUT2D eigenvalue weighted by Crippen LogP contribution is 2.38. The molecule has 0 bridgehead atoms. The maximum atomic E-state index is 6.47. The molecular weight excluding hydrogens is 587 g/mol. The van der Waals surface area contributed by atoms with Gasteiger partial charge in [-0.15, -0.1) is 0 Å². The van der Waals surface area contributed by atoms with Crippen molar-refractivity contribution in [2.45, 2.75) is 6.92 Å². The largest absolute Gasteiger partial charge is 0.456 e. The molecule has 0 aliphatic rings. The van der Waals surface area contributed by atoms with Crippen LogP contribution in [0.25, 0.3) is 89.1 Å². The second-order valence-corrected chi connectivity index (χ2v) is 12.1. The summed E-state index contributed by atoms with van der Waals surface area (Å²) in [6.07, 6.45) is 0. The van der Waals surface area contributed by atoms with Crippen LogP contribution in [-0.4, -0.2) is 15.0 Å². The fraction of sp³-hybridized carbons (Fsp3) is 0.0227. The standard InChI is InChI=1S/C44H29N3O/c1-28-20-22-29(23-21-28)32-14-7-15-33(26-32)42-45-43(47-44(46-42)37-18-8-13-30-12-5-6-16-35(30)37)34-24-25-38-40(27-34)48-39-19-9-17-36(41(38)39)31-10-3-2-4-11-31/h2-27H,1H3. The predicted molar refractivity (Wildman–Crippen MR) is 197 cm³/mol. The molecule has 0 aliphatic carbocycles. The van der Waals surface area contributed by atoms with Crippen molar-refractivity contribution in [3.8, 4) is 56.4 Å². The molecule has 0 N–H and O–H groups in total. The Hall–Kier alpha value is -6.39. The Balaban J connectivity index is 1.23. The molecule has 2 aromatic heterocycles. The molecule has 7 aromatic carbocycles. The first-order valence-electron chi connectivity index (χ1n) is 16.1. The zero-order valence-corrected chi connectivity index (χ0v) is 26.3. The van der Waals surface area contributed by atoms with E-state index in [9.17, 15) is 0 Å².